The number of benzene rings is 1. The standard InChI is InChI=1S/C15H22ClN3O2/c1-11(2)18-6-5-12(10-18)8-17-9-13-7-14(16)3-4-15(13)19(20)21/h3-4,7,11-12,17H,5-6,8-10H2,1-2H3. The van der Waals surface area contributed by atoms with Crippen molar-refractivity contribution < 1.29 is 4.92 Å². The number of nitro groups is 1. The Morgan fingerprint density at radius 1 is 1.52 bits per heavy atom. The van der Waals surface area contributed by atoms with E-state index in [-0.39, 0.29) is 10.6 Å². The van der Waals surface area contributed by atoms with Crippen LogP contribution in [0, 0.1) is 16.0 Å². The number of hydrogen-bond donors (Lipinski definition) is 1. The van der Waals surface area contributed by atoms with Crippen LogP contribution in [-0.4, -0.2) is 35.5 Å². The molecule has 0 radical (unpaired) electrons. The van der Waals surface area contributed by atoms with Crippen molar-refractivity contribution in [1.29, 1.82) is 0 Å². The first-order valence-corrected chi connectivity index (χ1v) is 7.72. The predicted molar refractivity (Wildman–Crippen MR) is 84.6 cm³/mol. The Bertz CT molecular complexity index is 508. The smallest absolute Gasteiger partial charge is 0.273 e. The van der Waals surface area contributed by atoms with Gasteiger partial charge in [0.2, 0.25) is 0 Å². The van der Waals surface area contributed by atoms with Crippen molar-refractivity contribution in [3.8, 4) is 0 Å². The van der Waals surface area contributed by atoms with Gasteiger partial charge in [-0.3, -0.25) is 10.1 Å². The molecule has 116 valence electrons. The third-order valence-corrected chi connectivity index (χ3v) is 4.27. The molecule has 1 saturated heterocycles. The first-order valence-electron chi connectivity index (χ1n) is 7.35. The highest BCUT2D eigenvalue weighted by Crippen LogP contribution is 2.23. The van der Waals surface area contributed by atoms with Crippen molar-refractivity contribution in [1.82, 2.24) is 10.2 Å². The summed E-state index contributed by atoms with van der Waals surface area (Å²) in [5, 5.41) is 14.9. The number of rotatable bonds is 6. The second-order valence-electron chi connectivity index (χ2n) is 5.90. The van der Waals surface area contributed by atoms with E-state index in [0.29, 0.717) is 29.1 Å². The van der Waals surface area contributed by atoms with Gasteiger partial charge in [0, 0.05) is 35.8 Å². The van der Waals surface area contributed by atoms with Gasteiger partial charge in [-0.2, -0.15) is 0 Å². The molecule has 0 saturated carbocycles. The third kappa shape index (κ3) is 4.40. The van der Waals surface area contributed by atoms with Crippen LogP contribution < -0.4 is 5.32 Å². The van der Waals surface area contributed by atoms with Crippen molar-refractivity contribution in [2.75, 3.05) is 19.6 Å². The van der Waals surface area contributed by atoms with E-state index in [1.807, 2.05) is 0 Å². The average Bonchev–Trinajstić information content (AvgIpc) is 2.87. The Balaban J connectivity index is 1.87. The van der Waals surface area contributed by atoms with Crippen LogP contribution in [0.2, 0.25) is 5.02 Å². The molecule has 0 spiro atoms. The van der Waals surface area contributed by atoms with Crippen LogP contribution in [0.25, 0.3) is 0 Å². The lowest BCUT2D eigenvalue weighted by Gasteiger charge is -2.20. The van der Waals surface area contributed by atoms with Crippen LogP contribution in [0.1, 0.15) is 25.8 Å². The summed E-state index contributed by atoms with van der Waals surface area (Å²) in [5.41, 5.74) is 0.772. The molecule has 21 heavy (non-hydrogen) atoms. The lowest BCUT2D eigenvalue weighted by molar-refractivity contribution is -0.385. The minimum Gasteiger partial charge on any atom is -0.312 e. The Labute approximate surface area is 130 Å². The van der Waals surface area contributed by atoms with Gasteiger partial charge in [-0.15, -0.1) is 0 Å². The van der Waals surface area contributed by atoms with E-state index in [9.17, 15) is 10.1 Å². The molecule has 1 unspecified atom stereocenters. The van der Waals surface area contributed by atoms with Crippen LogP contribution in [0.5, 0.6) is 0 Å². The van der Waals surface area contributed by atoms with Gasteiger partial charge >= 0.3 is 0 Å². The maximum atomic E-state index is 11.0. The monoisotopic (exact) mass is 311 g/mol. The summed E-state index contributed by atoms with van der Waals surface area (Å²) in [4.78, 5) is 13.1. The maximum absolute atomic E-state index is 11.0. The Morgan fingerprint density at radius 3 is 2.90 bits per heavy atom. The fourth-order valence-corrected chi connectivity index (χ4v) is 2.98. The van der Waals surface area contributed by atoms with Gasteiger partial charge in [0.25, 0.3) is 5.69 Å². The summed E-state index contributed by atoms with van der Waals surface area (Å²) < 4.78 is 0. The van der Waals surface area contributed by atoms with E-state index < -0.39 is 0 Å². The SMILES string of the molecule is CC(C)N1CCC(CNCc2cc(Cl)ccc2[N+](=O)[O-])C1. The molecule has 1 atom stereocenters. The number of nitro benzene ring substituents is 1. The first-order chi connectivity index (χ1) is 9.97. The van der Waals surface area contributed by atoms with Gasteiger partial charge in [-0.1, -0.05) is 11.6 Å². The number of hydrogen-bond acceptors (Lipinski definition) is 4. The third-order valence-electron chi connectivity index (χ3n) is 4.03. The molecule has 2 rings (SSSR count). The molecule has 0 aliphatic carbocycles. The summed E-state index contributed by atoms with van der Waals surface area (Å²) >= 11 is 5.92. The Morgan fingerprint density at radius 2 is 2.29 bits per heavy atom. The predicted octanol–water partition coefficient (Wildman–Crippen LogP) is 3.07. The Hall–Kier alpha value is -1.17. The fraction of sp³-hybridized carbons (Fsp3) is 0.600. The van der Waals surface area contributed by atoms with Crippen molar-refractivity contribution in [3.05, 3.63) is 38.9 Å². The highest BCUT2D eigenvalue weighted by Gasteiger charge is 2.24. The molecule has 5 nitrogen and oxygen atoms in total. The molecule has 1 fully saturated rings. The average molecular weight is 312 g/mol. The fourth-order valence-electron chi connectivity index (χ4n) is 2.78. The molecule has 1 aliphatic rings. The molecule has 1 aromatic rings. The largest absolute Gasteiger partial charge is 0.312 e. The van der Waals surface area contributed by atoms with Crippen molar-refractivity contribution in [2.45, 2.75) is 32.9 Å². The molecule has 1 aromatic carbocycles. The highest BCUT2D eigenvalue weighted by atomic mass is 35.5. The van der Waals surface area contributed by atoms with Gasteiger partial charge in [-0.05, 0) is 51.4 Å². The number of nitrogens with zero attached hydrogens (tertiary/aromatic N) is 2. The van der Waals surface area contributed by atoms with Crippen molar-refractivity contribution in [2.24, 2.45) is 5.92 Å². The maximum Gasteiger partial charge on any atom is 0.273 e. The molecule has 6 heteroatoms. The summed E-state index contributed by atoms with van der Waals surface area (Å²) in [6.45, 7) is 8.03. The van der Waals surface area contributed by atoms with Gasteiger partial charge in [-0.25, -0.2) is 0 Å². The molecule has 0 aromatic heterocycles. The zero-order valence-corrected chi connectivity index (χ0v) is 13.3. The van der Waals surface area contributed by atoms with Crippen molar-refractivity contribution in [3.63, 3.8) is 0 Å². The van der Waals surface area contributed by atoms with E-state index >= 15 is 0 Å². The second kappa shape index (κ2) is 7.20. The number of likely N-dealkylation sites (tertiary alicyclic amines) is 1. The molecule has 1 heterocycles. The topological polar surface area (TPSA) is 58.4 Å². The van der Waals surface area contributed by atoms with Crippen LogP contribution in [0.15, 0.2) is 18.2 Å². The van der Waals surface area contributed by atoms with Gasteiger partial charge in [0.15, 0.2) is 0 Å². The minimum atomic E-state index is -0.358. The van der Waals surface area contributed by atoms with E-state index in [2.05, 4.69) is 24.1 Å². The zero-order chi connectivity index (χ0) is 15.4. The molecule has 0 amide bonds. The van der Waals surface area contributed by atoms with Gasteiger partial charge < -0.3 is 10.2 Å². The lowest BCUT2D eigenvalue weighted by Crippen LogP contribution is -2.30. The second-order valence-corrected chi connectivity index (χ2v) is 6.34. The number of nitrogens with one attached hydrogen (secondary N) is 1. The van der Waals surface area contributed by atoms with E-state index in [1.54, 1.807) is 12.1 Å². The van der Waals surface area contributed by atoms with Crippen LogP contribution >= 0.6 is 11.6 Å². The van der Waals surface area contributed by atoms with E-state index in [0.717, 1.165) is 19.6 Å². The van der Waals surface area contributed by atoms with Crippen LogP contribution in [0.4, 0.5) is 5.69 Å². The molecular weight excluding hydrogens is 290 g/mol. The van der Waals surface area contributed by atoms with E-state index in [1.165, 1.54) is 12.5 Å². The quantitative estimate of drug-likeness (QED) is 0.648. The number of halogens is 1. The zero-order valence-electron chi connectivity index (χ0n) is 12.5. The summed E-state index contributed by atoms with van der Waals surface area (Å²) in [6.07, 6.45) is 1.18. The minimum absolute atomic E-state index is 0.127. The van der Waals surface area contributed by atoms with Crippen LogP contribution in [0.3, 0.4) is 0 Å². The highest BCUT2D eigenvalue weighted by molar-refractivity contribution is 6.30. The molecule has 1 aliphatic heterocycles. The molecular formula is C15H22ClN3O2. The lowest BCUT2D eigenvalue weighted by atomic mass is 10.1. The summed E-state index contributed by atoms with van der Waals surface area (Å²) in [5.74, 6) is 0.616. The summed E-state index contributed by atoms with van der Waals surface area (Å²) in [6, 6.07) is 5.28. The van der Waals surface area contributed by atoms with Gasteiger partial charge in [0.1, 0.15) is 0 Å². The van der Waals surface area contributed by atoms with E-state index in [4.69, 9.17) is 11.6 Å². The summed E-state index contributed by atoms with van der Waals surface area (Å²) in [7, 11) is 0. The normalized spacial score (nSPS) is 19.3. The first kappa shape index (κ1) is 16.2. The van der Waals surface area contributed by atoms with Crippen LogP contribution in [-0.2, 0) is 6.54 Å². The molecule has 1 N–H and O–H groups in total. The van der Waals surface area contributed by atoms with Crippen molar-refractivity contribution >= 4 is 17.3 Å². The van der Waals surface area contributed by atoms with Gasteiger partial charge in [0.05, 0.1) is 4.92 Å². The molecule has 0 bridgehead atoms. The Kier molecular flexibility index (Phi) is 5.56.